The first kappa shape index (κ1) is 42.9. The standard InChI is InChI=1S/C28H34N8O13S4/c1-19-23(18-29)28(36(2)12-15-50(37,38)16-14-49-53(45,46)47)31-27(30-11-4-13-48-3)26(19)35-34-24-10-7-21(17-25(24)52(42,43)44)33-32-20-5-8-22(9-6-20)51(39,40)41/h5-10,17H,4,11-16H2,1-3H3,(H,30,31)(H,39,40,41)(H,42,43,44)(H,45,46,47). The van der Waals surface area contributed by atoms with Gasteiger partial charge in [-0.25, -0.2) is 17.6 Å². The number of anilines is 2. The summed E-state index contributed by atoms with van der Waals surface area (Å²) in [6.45, 7) is 1.15. The first-order valence-electron chi connectivity index (χ1n) is 14.9. The molecule has 21 nitrogen and oxygen atoms in total. The smallest absolute Gasteiger partial charge is 0.385 e. The van der Waals surface area contributed by atoms with Crippen LogP contribution in [0.2, 0.25) is 0 Å². The van der Waals surface area contributed by atoms with Gasteiger partial charge in [0.2, 0.25) is 0 Å². The van der Waals surface area contributed by atoms with Crippen LogP contribution in [0.25, 0.3) is 0 Å². The fourth-order valence-electron chi connectivity index (χ4n) is 4.27. The number of azo groups is 2. The lowest BCUT2D eigenvalue weighted by Gasteiger charge is -2.22. The molecular formula is C28H34N8O13S4. The fourth-order valence-corrected chi connectivity index (χ4v) is 6.88. The van der Waals surface area contributed by atoms with Crippen molar-refractivity contribution in [2.45, 2.75) is 23.1 Å². The highest BCUT2D eigenvalue weighted by Gasteiger charge is 2.23. The van der Waals surface area contributed by atoms with Gasteiger partial charge in [-0.1, -0.05) is 0 Å². The number of hydrogen-bond acceptors (Lipinski definition) is 18. The number of nitrogens with zero attached hydrogens (tertiary/aromatic N) is 7. The number of rotatable bonds is 19. The van der Waals surface area contributed by atoms with Crippen LogP contribution >= 0.6 is 0 Å². The molecule has 288 valence electrons. The maximum Gasteiger partial charge on any atom is 0.397 e. The van der Waals surface area contributed by atoms with Crippen molar-refractivity contribution in [2.75, 3.05) is 62.2 Å². The monoisotopic (exact) mass is 818 g/mol. The molecule has 2 aromatic carbocycles. The Labute approximate surface area is 305 Å². The van der Waals surface area contributed by atoms with Crippen molar-refractivity contribution in [3.8, 4) is 6.07 Å². The van der Waals surface area contributed by atoms with E-state index >= 15 is 0 Å². The van der Waals surface area contributed by atoms with E-state index in [1.165, 1.54) is 50.2 Å². The normalized spacial score (nSPS) is 12.7. The Morgan fingerprint density at radius 3 is 2.09 bits per heavy atom. The zero-order valence-corrected chi connectivity index (χ0v) is 31.4. The van der Waals surface area contributed by atoms with Gasteiger partial charge in [0.15, 0.2) is 15.7 Å². The van der Waals surface area contributed by atoms with E-state index in [2.05, 4.69) is 34.9 Å². The Bertz CT molecular complexity index is 2350. The van der Waals surface area contributed by atoms with Crippen LogP contribution in [0.15, 0.2) is 72.7 Å². The lowest BCUT2D eigenvalue weighted by atomic mass is 10.1. The fraction of sp³-hybridized carbons (Fsp3) is 0.357. The molecule has 0 fully saturated rings. The van der Waals surface area contributed by atoms with E-state index in [9.17, 15) is 43.5 Å². The molecule has 1 heterocycles. The van der Waals surface area contributed by atoms with Crippen LogP contribution in [0.3, 0.4) is 0 Å². The van der Waals surface area contributed by atoms with Crippen LogP contribution in [0, 0.1) is 18.3 Å². The maximum absolute atomic E-state index is 12.5. The molecule has 0 spiro atoms. The summed E-state index contributed by atoms with van der Waals surface area (Å²) in [4.78, 5) is 4.78. The molecule has 4 N–H and O–H groups in total. The summed E-state index contributed by atoms with van der Waals surface area (Å²) in [6, 6.07) is 10.1. The Balaban J connectivity index is 1.99. The topological polar surface area (TPSA) is 317 Å². The highest BCUT2D eigenvalue weighted by molar-refractivity contribution is 7.91. The molecule has 0 radical (unpaired) electrons. The minimum atomic E-state index is -4.92. The van der Waals surface area contributed by atoms with Gasteiger partial charge in [-0.15, -0.1) is 10.2 Å². The highest BCUT2D eigenvalue weighted by Crippen LogP contribution is 2.37. The third-order valence-corrected chi connectivity index (χ3v) is 10.8. The Hall–Kier alpha value is -4.52. The highest BCUT2D eigenvalue weighted by atomic mass is 32.3. The van der Waals surface area contributed by atoms with Gasteiger partial charge in [-0.2, -0.15) is 40.7 Å². The summed E-state index contributed by atoms with van der Waals surface area (Å²) in [5.74, 6) is -1.10. The van der Waals surface area contributed by atoms with Crippen molar-refractivity contribution >= 4 is 74.9 Å². The maximum atomic E-state index is 12.5. The van der Waals surface area contributed by atoms with Gasteiger partial charge in [-0.05, 0) is 55.8 Å². The molecule has 53 heavy (non-hydrogen) atoms. The number of methoxy groups -OCH3 is 1. The minimum absolute atomic E-state index is 0.00416. The summed E-state index contributed by atoms with van der Waals surface area (Å²) in [5, 5.41) is 29.1. The molecule has 0 saturated heterocycles. The molecule has 0 unspecified atom stereocenters. The van der Waals surface area contributed by atoms with Crippen LogP contribution in [-0.2, 0) is 49.4 Å². The molecule has 0 amide bonds. The van der Waals surface area contributed by atoms with Crippen LogP contribution in [0.1, 0.15) is 17.5 Å². The van der Waals surface area contributed by atoms with E-state index in [4.69, 9.17) is 13.8 Å². The number of pyridine rings is 1. The van der Waals surface area contributed by atoms with E-state index in [0.29, 0.717) is 13.0 Å². The van der Waals surface area contributed by atoms with Crippen molar-refractivity contribution in [3.63, 3.8) is 0 Å². The first-order chi connectivity index (χ1) is 24.6. The molecule has 25 heteroatoms. The SMILES string of the molecule is COCCCNc1nc(N(C)CCS(=O)(=O)CCOS(=O)(=O)O)c(C#N)c(C)c1N=Nc1ccc(N=Nc2ccc(S(=O)(=O)O)cc2)cc1S(=O)(=O)O. The Kier molecular flexibility index (Phi) is 14.6. The lowest BCUT2D eigenvalue weighted by molar-refractivity contribution is 0.198. The second kappa shape index (κ2) is 18.0. The quantitative estimate of drug-likeness (QED) is 0.0761. The molecule has 0 bridgehead atoms. The average molecular weight is 819 g/mol. The second-order valence-corrected chi connectivity index (χ2v) is 17.0. The van der Waals surface area contributed by atoms with E-state index in [1.807, 2.05) is 6.07 Å². The van der Waals surface area contributed by atoms with Crippen molar-refractivity contribution in [2.24, 2.45) is 20.5 Å². The zero-order chi connectivity index (χ0) is 39.6. The van der Waals surface area contributed by atoms with Crippen molar-refractivity contribution in [1.82, 2.24) is 4.98 Å². The lowest BCUT2D eigenvalue weighted by Crippen LogP contribution is -2.29. The molecule has 0 aliphatic rings. The number of nitrogens with one attached hydrogen (secondary N) is 1. The molecule has 0 atom stereocenters. The van der Waals surface area contributed by atoms with Crippen LogP contribution in [0.4, 0.5) is 34.4 Å². The van der Waals surface area contributed by atoms with Crippen LogP contribution < -0.4 is 10.2 Å². The van der Waals surface area contributed by atoms with Gasteiger partial charge >= 0.3 is 10.4 Å². The molecular weight excluding hydrogens is 785 g/mol. The van der Waals surface area contributed by atoms with Gasteiger partial charge < -0.3 is 15.0 Å². The van der Waals surface area contributed by atoms with Crippen molar-refractivity contribution in [1.29, 1.82) is 5.26 Å². The van der Waals surface area contributed by atoms with Gasteiger partial charge in [-0.3, -0.25) is 13.7 Å². The molecule has 3 aromatic rings. The summed E-state index contributed by atoms with van der Waals surface area (Å²) in [7, 11) is -15.1. The van der Waals surface area contributed by atoms with Gasteiger partial charge in [0.1, 0.15) is 28.2 Å². The molecule has 0 saturated carbocycles. The first-order valence-corrected chi connectivity index (χ1v) is 21.0. The molecule has 0 aliphatic heterocycles. The predicted molar refractivity (Wildman–Crippen MR) is 189 cm³/mol. The third-order valence-electron chi connectivity index (χ3n) is 6.95. The zero-order valence-electron chi connectivity index (χ0n) is 28.2. The molecule has 1 aromatic heterocycles. The van der Waals surface area contributed by atoms with Crippen LogP contribution in [0.5, 0.6) is 0 Å². The number of aromatic nitrogens is 1. The summed E-state index contributed by atoms with van der Waals surface area (Å²) >= 11 is 0. The largest absolute Gasteiger partial charge is 0.397 e. The van der Waals surface area contributed by atoms with Gasteiger partial charge in [0, 0.05) is 39.4 Å². The summed E-state index contributed by atoms with van der Waals surface area (Å²) in [6.07, 6.45) is 0.496. The summed E-state index contributed by atoms with van der Waals surface area (Å²) < 4.78 is 131. The number of sulfone groups is 1. The number of benzene rings is 2. The van der Waals surface area contributed by atoms with E-state index in [-0.39, 0.29) is 63.5 Å². The van der Waals surface area contributed by atoms with E-state index in [0.717, 1.165) is 18.2 Å². The predicted octanol–water partition coefficient (Wildman–Crippen LogP) is 3.70. The number of nitriles is 1. The molecule has 3 rings (SSSR count). The van der Waals surface area contributed by atoms with Gasteiger partial charge in [0.25, 0.3) is 20.2 Å². The van der Waals surface area contributed by atoms with Crippen LogP contribution in [-0.4, -0.2) is 104 Å². The number of ether oxygens (including phenoxy) is 1. The van der Waals surface area contributed by atoms with E-state index < -0.39 is 63.5 Å². The summed E-state index contributed by atoms with van der Waals surface area (Å²) in [5.41, 5.74) is -0.0590. The third kappa shape index (κ3) is 13.1. The van der Waals surface area contributed by atoms with Crippen molar-refractivity contribution in [3.05, 3.63) is 53.6 Å². The minimum Gasteiger partial charge on any atom is -0.385 e. The Morgan fingerprint density at radius 1 is 0.868 bits per heavy atom. The van der Waals surface area contributed by atoms with Crippen molar-refractivity contribution < 1.29 is 56.2 Å². The average Bonchev–Trinajstić information content (AvgIpc) is 3.06. The molecule has 0 aliphatic carbocycles. The van der Waals surface area contributed by atoms with Gasteiger partial charge in [0.05, 0.1) is 39.9 Å². The Morgan fingerprint density at radius 2 is 1.51 bits per heavy atom. The number of hydrogen-bond donors (Lipinski definition) is 4. The second-order valence-electron chi connectivity index (χ2n) is 10.8. The van der Waals surface area contributed by atoms with E-state index in [1.54, 1.807) is 0 Å².